The number of hydrogen-bond acceptors (Lipinski definition) is 5. The Morgan fingerprint density at radius 1 is 0.821 bits per heavy atom. The van der Waals surface area contributed by atoms with Crippen LogP contribution in [-0.4, -0.2) is 97.5 Å². The van der Waals surface area contributed by atoms with Crippen LogP contribution in [0, 0.1) is 0 Å². The van der Waals surface area contributed by atoms with Crippen LogP contribution in [0.3, 0.4) is 0 Å². The van der Waals surface area contributed by atoms with E-state index in [9.17, 15) is 0 Å². The molecule has 0 radical (unpaired) electrons. The third-order valence-corrected chi connectivity index (χ3v) is 7.93. The average molecular weight is 394 g/mol. The second kappa shape index (κ2) is 10.2. The smallest absolute Gasteiger partial charge is 0.0718 e. The number of morpholine rings is 2. The van der Waals surface area contributed by atoms with Gasteiger partial charge in [0, 0.05) is 43.8 Å². The molecule has 0 amide bonds. The van der Waals surface area contributed by atoms with E-state index < -0.39 is 0 Å². The molecule has 4 fully saturated rings. The van der Waals surface area contributed by atoms with E-state index in [1.54, 1.807) is 0 Å². The van der Waals surface area contributed by atoms with Gasteiger partial charge in [0.05, 0.1) is 25.9 Å². The number of nitrogens with zero attached hydrogens (tertiary/aromatic N) is 3. The monoisotopic (exact) mass is 393 g/mol. The van der Waals surface area contributed by atoms with E-state index in [2.05, 4.69) is 28.5 Å². The summed E-state index contributed by atoms with van der Waals surface area (Å²) in [5.41, 5.74) is 0. The number of likely N-dealkylation sites (tertiary alicyclic amines) is 2. The molecule has 4 rings (SSSR count). The van der Waals surface area contributed by atoms with Gasteiger partial charge < -0.3 is 14.4 Å². The molecular formula is C23H43N3O2. The molecule has 2 bridgehead atoms. The first-order chi connectivity index (χ1) is 13.7. The maximum absolute atomic E-state index is 5.90. The van der Waals surface area contributed by atoms with Gasteiger partial charge in [0.15, 0.2) is 0 Å². The van der Waals surface area contributed by atoms with Crippen molar-refractivity contribution in [3.8, 4) is 0 Å². The second-order valence-electron chi connectivity index (χ2n) is 9.79. The van der Waals surface area contributed by atoms with E-state index in [0.29, 0.717) is 18.2 Å². The molecule has 4 saturated heterocycles. The van der Waals surface area contributed by atoms with Crippen molar-refractivity contribution < 1.29 is 9.47 Å². The number of piperidine rings is 1. The first kappa shape index (κ1) is 21.0. The molecule has 0 aromatic rings. The molecule has 0 spiro atoms. The van der Waals surface area contributed by atoms with Crippen molar-refractivity contribution in [3.05, 3.63) is 0 Å². The Balaban J connectivity index is 1.29. The summed E-state index contributed by atoms with van der Waals surface area (Å²) < 4.78 is 11.4. The number of fused-ring (bicyclic) bond motifs is 2. The van der Waals surface area contributed by atoms with Gasteiger partial charge in [-0.3, -0.25) is 9.80 Å². The van der Waals surface area contributed by atoms with Gasteiger partial charge in [-0.15, -0.1) is 0 Å². The molecule has 4 aliphatic heterocycles. The highest BCUT2D eigenvalue weighted by Gasteiger charge is 2.42. The van der Waals surface area contributed by atoms with Crippen LogP contribution in [-0.2, 0) is 9.47 Å². The lowest BCUT2D eigenvalue weighted by Gasteiger charge is -2.39. The van der Waals surface area contributed by atoms with Crippen LogP contribution in [0.5, 0.6) is 0 Å². The first-order valence-corrected chi connectivity index (χ1v) is 12.1. The Hall–Kier alpha value is -0.200. The summed E-state index contributed by atoms with van der Waals surface area (Å²) >= 11 is 0. The zero-order valence-corrected chi connectivity index (χ0v) is 18.4. The van der Waals surface area contributed by atoms with Crippen molar-refractivity contribution in [1.82, 2.24) is 14.7 Å². The predicted octanol–water partition coefficient (Wildman–Crippen LogP) is 2.98. The zero-order valence-electron chi connectivity index (χ0n) is 18.4. The highest BCUT2D eigenvalue weighted by Crippen LogP contribution is 2.33. The molecule has 5 nitrogen and oxygen atoms in total. The molecule has 5 unspecified atom stereocenters. The van der Waals surface area contributed by atoms with Gasteiger partial charge >= 0.3 is 0 Å². The molecule has 4 aliphatic rings. The highest BCUT2D eigenvalue weighted by atomic mass is 16.5. The molecule has 162 valence electrons. The fourth-order valence-electron chi connectivity index (χ4n) is 5.96. The van der Waals surface area contributed by atoms with E-state index in [1.807, 2.05) is 0 Å². The quantitative estimate of drug-likeness (QED) is 0.600. The Labute approximate surface area is 172 Å². The average Bonchev–Trinajstić information content (AvgIpc) is 3.38. The Kier molecular flexibility index (Phi) is 7.67. The van der Waals surface area contributed by atoms with Crippen LogP contribution in [0.15, 0.2) is 0 Å². The molecule has 0 saturated carbocycles. The first-order valence-electron chi connectivity index (χ1n) is 12.1. The minimum Gasteiger partial charge on any atom is -0.379 e. The fourth-order valence-corrected chi connectivity index (χ4v) is 5.96. The Morgan fingerprint density at radius 2 is 1.46 bits per heavy atom. The molecule has 5 atom stereocenters. The largest absolute Gasteiger partial charge is 0.379 e. The standard InChI is InChI=1S/C23H43N3O2/c1-19(24-10-4-3-5-11-24)6-8-21(26-17-23-16-22(26)18-28-23)9-7-20(2)25-12-14-27-15-13-25/h19-23H,3-18H2,1-2H3. The summed E-state index contributed by atoms with van der Waals surface area (Å²) in [6, 6.07) is 2.87. The summed E-state index contributed by atoms with van der Waals surface area (Å²) in [5.74, 6) is 0. The van der Waals surface area contributed by atoms with Crippen LogP contribution in [0.4, 0.5) is 0 Å². The molecule has 0 N–H and O–H groups in total. The lowest BCUT2D eigenvalue weighted by molar-refractivity contribution is -0.00143. The Bertz CT molecular complexity index is 437. The van der Waals surface area contributed by atoms with Crippen molar-refractivity contribution in [2.75, 3.05) is 52.5 Å². The fraction of sp³-hybridized carbons (Fsp3) is 1.00. The van der Waals surface area contributed by atoms with Crippen LogP contribution in [0.2, 0.25) is 0 Å². The maximum Gasteiger partial charge on any atom is 0.0718 e. The summed E-state index contributed by atoms with van der Waals surface area (Å²) in [5, 5.41) is 0. The van der Waals surface area contributed by atoms with Crippen LogP contribution in [0.1, 0.15) is 65.2 Å². The van der Waals surface area contributed by atoms with Gasteiger partial charge in [-0.05, 0) is 71.9 Å². The van der Waals surface area contributed by atoms with Crippen molar-refractivity contribution >= 4 is 0 Å². The third kappa shape index (κ3) is 5.28. The molecule has 0 aromatic carbocycles. The number of rotatable bonds is 9. The van der Waals surface area contributed by atoms with Gasteiger partial charge in [0.25, 0.3) is 0 Å². The summed E-state index contributed by atoms with van der Waals surface area (Å²) in [6.07, 6.45) is 11.4. The molecule has 0 aliphatic carbocycles. The minimum absolute atomic E-state index is 0.517. The number of ether oxygens (including phenoxy) is 2. The van der Waals surface area contributed by atoms with Crippen molar-refractivity contribution in [2.45, 2.75) is 95.5 Å². The van der Waals surface area contributed by atoms with E-state index in [4.69, 9.17) is 9.47 Å². The van der Waals surface area contributed by atoms with Crippen LogP contribution in [0.25, 0.3) is 0 Å². The summed E-state index contributed by atoms with van der Waals surface area (Å²) in [6.45, 7) is 13.7. The topological polar surface area (TPSA) is 28.2 Å². The maximum atomic E-state index is 5.90. The van der Waals surface area contributed by atoms with E-state index in [1.165, 1.54) is 71.0 Å². The van der Waals surface area contributed by atoms with Gasteiger partial charge in [-0.25, -0.2) is 0 Å². The molecule has 0 aromatic heterocycles. The summed E-state index contributed by atoms with van der Waals surface area (Å²) in [4.78, 5) is 8.22. The van der Waals surface area contributed by atoms with Crippen LogP contribution < -0.4 is 0 Å². The zero-order chi connectivity index (χ0) is 19.3. The van der Waals surface area contributed by atoms with Crippen molar-refractivity contribution in [2.24, 2.45) is 0 Å². The van der Waals surface area contributed by atoms with Gasteiger partial charge in [-0.2, -0.15) is 0 Å². The number of hydrogen-bond donors (Lipinski definition) is 0. The Morgan fingerprint density at radius 3 is 2.04 bits per heavy atom. The van der Waals surface area contributed by atoms with Crippen LogP contribution >= 0.6 is 0 Å². The molecule has 5 heteroatoms. The highest BCUT2D eigenvalue weighted by molar-refractivity contribution is 4.95. The van der Waals surface area contributed by atoms with Gasteiger partial charge in [-0.1, -0.05) is 6.42 Å². The van der Waals surface area contributed by atoms with E-state index in [-0.39, 0.29) is 0 Å². The van der Waals surface area contributed by atoms with Crippen molar-refractivity contribution in [3.63, 3.8) is 0 Å². The molecular weight excluding hydrogens is 350 g/mol. The second-order valence-corrected chi connectivity index (χ2v) is 9.79. The third-order valence-electron chi connectivity index (χ3n) is 7.93. The molecule has 28 heavy (non-hydrogen) atoms. The SMILES string of the molecule is CC(CCC(CCC(C)N1CCOCC1)N1CC2CC1CO2)N1CCCCC1. The van der Waals surface area contributed by atoms with E-state index in [0.717, 1.165) is 45.0 Å². The lowest BCUT2D eigenvalue weighted by Crippen LogP contribution is -2.47. The van der Waals surface area contributed by atoms with Gasteiger partial charge in [0.1, 0.15) is 0 Å². The van der Waals surface area contributed by atoms with Crippen molar-refractivity contribution in [1.29, 1.82) is 0 Å². The lowest BCUT2D eigenvalue weighted by atomic mass is 9.96. The minimum atomic E-state index is 0.517. The molecule has 4 heterocycles. The summed E-state index contributed by atoms with van der Waals surface area (Å²) in [7, 11) is 0. The predicted molar refractivity (Wildman–Crippen MR) is 114 cm³/mol. The van der Waals surface area contributed by atoms with Gasteiger partial charge in [0.2, 0.25) is 0 Å². The normalized spacial score (nSPS) is 33.2. The van der Waals surface area contributed by atoms with E-state index >= 15 is 0 Å².